The van der Waals surface area contributed by atoms with Crippen molar-refractivity contribution in [3.05, 3.63) is 77.0 Å². The van der Waals surface area contributed by atoms with E-state index in [1.165, 1.54) is 6.20 Å². The van der Waals surface area contributed by atoms with E-state index in [1.54, 1.807) is 35.1 Å². The highest BCUT2D eigenvalue weighted by Crippen LogP contribution is 2.36. The van der Waals surface area contributed by atoms with E-state index in [0.29, 0.717) is 64.4 Å². The van der Waals surface area contributed by atoms with Crippen molar-refractivity contribution in [2.75, 3.05) is 37.6 Å². The van der Waals surface area contributed by atoms with E-state index in [-0.39, 0.29) is 29.1 Å². The molecular formula is C39H45ClN10O4. The molecule has 282 valence electrons. The molecule has 2 saturated heterocycles. The topological polar surface area (TPSA) is 172 Å². The second-order valence-electron chi connectivity index (χ2n) is 15.0. The van der Waals surface area contributed by atoms with Gasteiger partial charge in [-0.15, -0.1) is 0 Å². The first kappa shape index (κ1) is 37.0. The van der Waals surface area contributed by atoms with Crippen LogP contribution in [0.15, 0.2) is 55.1 Å². The minimum atomic E-state index is -0.337. The summed E-state index contributed by atoms with van der Waals surface area (Å²) >= 11 is 6.51. The molecule has 2 aliphatic rings. The number of ether oxygens (including phenoxy) is 1. The molecule has 15 heteroatoms. The SMILES string of the molecule is Cc1nn(C)cc1-c1nc2ncc(Cl)c(Oc3ccc(C(=O)NCC(C)(C)CNCC4CCN(c5cncc([C@@H]6CCC(=O)NC6=O)c5)CC4)cc3)c2[nH]1. The number of nitrogens with zero attached hydrogens (tertiary/aromatic N) is 6. The van der Waals surface area contributed by atoms with Crippen LogP contribution in [0, 0.1) is 18.3 Å². The van der Waals surface area contributed by atoms with Gasteiger partial charge in [0, 0.05) is 57.6 Å². The lowest BCUT2D eigenvalue weighted by atomic mass is 9.91. The van der Waals surface area contributed by atoms with Gasteiger partial charge in [0.25, 0.3) is 5.91 Å². The fourth-order valence-corrected chi connectivity index (χ4v) is 7.26. The molecule has 1 atom stereocenters. The van der Waals surface area contributed by atoms with E-state index in [4.69, 9.17) is 16.3 Å². The standard InChI is InChI=1S/C39H45ClN10O4/c1-23-30(20-49(4)48-23)35-46-33-34(31(40)19-43-36(33)47-35)54-28-7-5-25(6-8-28)37(52)44-22-39(2,3)21-42-16-24-11-13-50(14-12-24)27-15-26(17-41-18-27)29-9-10-32(51)45-38(29)53/h5-8,15,17-20,24,29,42H,9-14,16,21-22H2,1-4H3,(H,44,52)(H,43,46,47)(H,45,51,53)/t29-/m0/s1. The van der Waals surface area contributed by atoms with Crippen LogP contribution >= 0.6 is 11.6 Å². The molecule has 3 amide bonds. The highest BCUT2D eigenvalue weighted by molar-refractivity contribution is 6.32. The molecule has 0 saturated carbocycles. The van der Waals surface area contributed by atoms with Crippen LogP contribution in [0.3, 0.4) is 0 Å². The van der Waals surface area contributed by atoms with E-state index < -0.39 is 0 Å². The van der Waals surface area contributed by atoms with E-state index >= 15 is 0 Å². The summed E-state index contributed by atoms with van der Waals surface area (Å²) in [6.07, 6.45) is 9.92. The van der Waals surface area contributed by atoms with Crippen LogP contribution < -0.4 is 25.6 Å². The third-order valence-corrected chi connectivity index (χ3v) is 10.4. The maximum atomic E-state index is 13.1. The minimum absolute atomic E-state index is 0.160. The van der Waals surface area contributed by atoms with Gasteiger partial charge in [-0.1, -0.05) is 25.4 Å². The monoisotopic (exact) mass is 752 g/mol. The molecule has 14 nitrogen and oxygen atoms in total. The Morgan fingerprint density at radius 2 is 1.85 bits per heavy atom. The first-order valence-corrected chi connectivity index (χ1v) is 18.7. The Hall–Kier alpha value is -5.34. The second-order valence-corrected chi connectivity index (χ2v) is 15.4. The number of imide groups is 1. The number of hydrogen-bond acceptors (Lipinski definition) is 10. The highest BCUT2D eigenvalue weighted by atomic mass is 35.5. The Kier molecular flexibility index (Phi) is 10.7. The number of imidazole rings is 1. The molecule has 54 heavy (non-hydrogen) atoms. The number of amides is 3. The van der Waals surface area contributed by atoms with Crippen molar-refractivity contribution < 1.29 is 19.1 Å². The van der Waals surface area contributed by atoms with Gasteiger partial charge in [0.1, 0.15) is 22.1 Å². The number of aromatic amines is 1. The van der Waals surface area contributed by atoms with Gasteiger partial charge in [0.05, 0.1) is 35.3 Å². The van der Waals surface area contributed by atoms with Gasteiger partial charge in [0.15, 0.2) is 11.4 Å². The molecule has 0 radical (unpaired) electrons. The molecular weight excluding hydrogens is 708 g/mol. The molecule has 5 aromatic rings. The molecule has 0 aliphatic carbocycles. The summed E-state index contributed by atoms with van der Waals surface area (Å²) in [7, 11) is 1.86. The lowest BCUT2D eigenvalue weighted by molar-refractivity contribution is -0.134. The van der Waals surface area contributed by atoms with Crippen LogP contribution in [0.5, 0.6) is 11.5 Å². The van der Waals surface area contributed by atoms with Crippen LogP contribution in [-0.4, -0.2) is 80.2 Å². The van der Waals surface area contributed by atoms with Crippen LogP contribution in [0.1, 0.15) is 67.1 Å². The molecule has 7 rings (SSSR count). The first-order chi connectivity index (χ1) is 25.9. The Balaban J connectivity index is 0.862. The number of anilines is 1. The number of benzene rings is 1. The van der Waals surface area contributed by atoms with Crippen molar-refractivity contribution in [2.24, 2.45) is 18.4 Å². The second kappa shape index (κ2) is 15.6. The van der Waals surface area contributed by atoms with Gasteiger partial charge in [-0.05, 0) is 80.0 Å². The van der Waals surface area contributed by atoms with Gasteiger partial charge in [-0.25, -0.2) is 9.97 Å². The number of carbonyl (C=O) groups excluding carboxylic acids is 3. The number of piperidine rings is 2. The van der Waals surface area contributed by atoms with E-state index in [2.05, 4.69) is 59.7 Å². The average molecular weight is 753 g/mol. The number of H-pyrrole nitrogens is 1. The predicted octanol–water partition coefficient (Wildman–Crippen LogP) is 5.29. The quantitative estimate of drug-likeness (QED) is 0.123. The Morgan fingerprint density at radius 1 is 1.07 bits per heavy atom. The normalized spacial score (nSPS) is 16.8. The molecule has 0 spiro atoms. The summed E-state index contributed by atoms with van der Waals surface area (Å²) in [6.45, 7) is 10.2. The summed E-state index contributed by atoms with van der Waals surface area (Å²) in [6, 6.07) is 8.98. The zero-order valence-corrected chi connectivity index (χ0v) is 31.7. The third kappa shape index (κ3) is 8.39. The summed E-state index contributed by atoms with van der Waals surface area (Å²) in [5.41, 5.74) is 4.96. The van der Waals surface area contributed by atoms with E-state index in [1.807, 2.05) is 32.4 Å². The molecule has 0 bridgehead atoms. The predicted molar refractivity (Wildman–Crippen MR) is 206 cm³/mol. The molecule has 2 fully saturated rings. The van der Waals surface area contributed by atoms with Crippen LogP contribution in [-0.2, 0) is 16.6 Å². The number of aryl methyl sites for hydroxylation is 2. The maximum Gasteiger partial charge on any atom is 0.251 e. The van der Waals surface area contributed by atoms with E-state index in [9.17, 15) is 14.4 Å². The lowest BCUT2D eigenvalue weighted by Gasteiger charge is -2.34. The van der Waals surface area contributed by atoms with Gasteiger partial charge >= 0.3 is 0 Å². The molecule has 4 aromatic heterocycles. The van der Waals surface area contributed by atoms with Crippen molar-refractivity contribution in [3.8, 4) is 22.9 Å². The Labute approximate surface area is 318 Å². The number of aromatic nitrogens is 6. The Morgan fingerprint density at radius 3 is 2.57 bits per heavy atom. The van der Waals surface area contributed by atoms with E-state index in [0.717, 1.165) is 61.5 Å². The number of hydrogen-bond donors (Lipinski definition) is 4. The Bertz CT molecular complexity index is 2170. The molecule has 4 N–H and O–H groups in total. The summed E-state index contributed by atoms with van der Waals surface area (Å²) in [5.74, 6) is 1.12. The molecule has 2 aliphatic heterocycles. The maximum absolute atomic E-state index is 13.1. The number of carbonyl (C=O) groups is 3. The summed E-state index contributed by atoms with van der Waals surface area (Å²) < 4.78 is 7.91. The minimum Gasteiger partial charge on any atom is -0.453 e. The molecule has 1 aromatic carbocycles. The van der Waals surface area contributed by atoms with Crippen molar-refractivity contribution in [2.45, 2.75) is 52.4 Å². The number of fused-ring (bicyclic) bond motifs is 1. The summed E-state index contributed by atoms with van der Waals surface area (Å²) in [5, 5.41) is 13.9. The van der Waals surface area contributed by atoms with Crippen molar-refractivity contribution >= 4 is 46.2 Å². The van der Waals surface area contributed by atoms with Crippen LogP contribution in [0.25, 0.3) is 22.6 Å². The van der Waals surface area contributed by atoms with Crippen LogP contribution in [0.4, 0.5) is 5.69 Å². The van der Waals surface area contributed by atoms with Gasteiger partial charge in [0.2, 0.25) is 11.8 Å². The molecule has 6 heterocycles. The fraction of sp³-hybridized carbons (Fsp3) is 0.410. The highest BCUT2D eigenvalue weighted by Gasteiger charge is 2.29. The average Bonchev–Trinajstić information content (AvgIpc) is 3.74. The number of nitrogens with one attached hydrogen (secondary N) is 4. The van der Waals surface area contributed by atoms with Crippen molar-refractivity contribution in [1.29, 1.82) is 0 Å². The van der Waals surface area contributed by atoms with Crippen LogP contribution in [0.2, 0.25) is 5.02 Å². The number of pyridine rings is 2. The van der Waals surface area contributed by atoms with Crippen molar-refractivity contribution in [1.82, 2.24) is 45.7 Å². The van der Waals surface area contributed by atoms with Gasteiger partial charge in [-0.3, -0.25) is 29.4 Å². The number of rotatable bonds is 12. The number of halogens is 1. The van der Waals surface area contributed by atoms with Gasteiger partial charge < -0.3 is 25.3 Å². The van der Waals surface area contributed by atoms with Crippen molar-refractivity contribution in [3.63, 3.8) is 0 Å². The zero-order chi connectivity index (χ0) is 38.0. The zero-order valence-electron chi connectivity index (χ0n) is 30.9. The largest absolute Gasteiger partial charge is 0.453 e. The fourth-order valence-electron chi connectivity index (χ4n) is 7.08. The third-order valence-electron chi connectivity index (χ3n) is 10.2. The van der Waals surface area contributed by atoms with Gasteiger partial charge in [-0.2, -0.15) is 5.10 Å². The lowest BCUT2D eigenvalue weighted by Crippen LogP contribution is -2.43. The first-order valence-electron chi connectivity index (χ1n) is 18.3. The molecule has 0 unspecified atom stereocenters. The smallest absolute Gasteiger partial charge is 0.251 e. The summed E-state index contributed by atoms with van der Waals surface area (Å²) in [4.78, 5) is 56.0.